The van der Waals surface area contributed by atoms with E-state index in [1.165, 1.54) is 11.3 Å². The molecule has 2 amide bonds. The summed E-state index contributed by atoms with van der Waals surface area (Å²) < 4.78 is 0. The maximum absolute atomic E-state index is 12.0. The van der Waals surface area contributed by atoms with E-state index >= 15 is 0 Å². The average molecular weight is 326 g/mol. The van der Waals surface area contributed by atoms with Gasteiger partial charge < -0.3 is 15.7 Å². The lowest BCUT2D eigenvalue weighted by molar-refractivity contribution is -0.139. The minimum Gasteiger partial charge on any atom is -0.481 e. The summed E-state index contributed by atoms with van der Waals surface area (Å²) in [6.45, 7) is 5.65. The van der Waals surface area contributed by atoms with Crippen LogP contribution in [0.2, 0.25) is 0 Å². The van der Waals surface area contributed by atoms with Crippen LogP contribution in [0.3, 0.4) is 0 Å². The molecule has 22 heavy (non-hydrogen) atoms. The van der Waals surface area contributed by atoms with Crippen LogP contribution in [0.1, 0.15) is 44.0 Å². The zero-order valence-corrected chi connectivity index (χ0v) is 13.8. The van der Waals surface area contributed by atoms with Crippen LogP contribution in [-0.2, 0) is 9.59 Å². The van der Waals surface area contributed by atoms with Gasteiger partial charge in [0.2, 0.25) is 5.91 Å². The number of nitrogens with one attached hydrogen (secondary N) is 2. The van der Waals surface area contributed by atoms with E-state index in [1.54, 1.807) is 18.4 Å². The fourth-order valence-electron chi connectivity index (χ4n) is 1.87. The van der Waals surface area contributed by atoms with Crippen molar-refractivity contribution in [1.29, 1.82) is 0 Å². The van der Waals surface area contributed by atoms with Gasteiger partial charge in [-0.05, 0) is 24.3 Å². The second-order valence-corrected chi connectivity index (χ2v) is 6.49. The molecular weight excluding hydrogens is 304 g/mol. The molecule has 6 nitrogen and oxygen atoms in total. The van der Waals surface area contributed by atoms with Gasteiger partial charge in [-0.3, -0.25) is 14.4 Å². The highest BCUT2D eigenvalue weighted by atomic mass is 32.1. The average Bonchev–Trinajstić information content (AvgIpc) is 2.90. The molecule has 1 atom stereocenters. The number of carbonyl (C=O) groups is 3. The predicted octanol–water partition coefficient (Wildman–Crippen LogP) is 1.87. The number of carboxylic acids is 1. The minimum atomic E-state index is -0.956. The molecule has 0 bridgehead atoms. The van der Waals surface area contributed by atoms with E-state index in [-0.39, 0.29) is 37.1 Å². The van der Waals surface area contributed by atoms with Crippen LogP contribution >= 0.6 is 11.3 Å². The lowest BCUT2D eigenvalue weighted by atomic mass is 9.85. The summed E-state index contributed by atoms with van der Waals surface area (Å²) in [7, 11) is 0. The Morgan fingerprint density at radius 2 is 2.05 bits per heavy atom. The van der Waals surface area contributed by atoms with E-state index in [0.29, 0.717) is 5.56 Å². The Bertz CT molecular complexity index is 528. The lowest BCUT2D eigenvalue weighted by Gasteiger charge is -2.33. The van der Waals surface area contributed by atoms with Gasteiger partial charge in [-0.1, -0.05) is 13.8 Å². The van der Waals surface area contributed by atoms with Crippen LogP contribution in [0.4, 0.5) is 0 Å². The molecule has 0 fully saturated rings. The molecule has 0 radical (unpaired) electrons. The number of amides is 2. The monoisotopic (exact) mass is 326 g/mol. The number of hydrogen-bond donors (Lipinski definition) is 3. The topological polar surface area (TPSA) is 95.5 Å². The summed E-state index contributed by atoms with van der Waals surface area (Å²) in [5.74, 6) is -1.47. The molecule has 0 saturated carbocycles. The Morgan fingerprint density at radius 1 is 1.36 bits per heavy atom. The molecule has 3 N–H and O–H groups in total. The van der Waals surface area contributed by atoms with Crippen LogP contribution in [0.25, 0.3) is 0 Å². The molecule has 0 aromatic carbocycles. The van der Waals surface area contributed by atoms with E-state index in [0.717, 1.165) is 0 Å². The third kappa shape index (κ3) is 5.48. The molecule has 0 spiro atoms. The first-order valence-electron chi connectivity index (χ1n) is 7.08. The molecule has 0 aliphatic heterocycles. The highest BCUT2D eigenvalue weighted by molar-refractivity contribution is 7.08. The Labute approximate surface area is 133 Å². The summed E-state index contributed by atoms with van der Waals surface area (Å²) in [5, 5.41) is 17.9. The van der Waals surface area contributed by atoms with Crippen LogP contribution in [0.15, 0.2) is 16.8 Å². The lowest BCUT2D eigenvalue weighted by Crippen LogP contribution is -2.51. The number of hydrogen-bond acceptors (Lipinski definition) is 4. The van der Waals surface area contributed by atoms with Gasteiger partial charge in [-0.2, -0.15) is 11.3 Å². The van der Waals surface area contributed by atoms with Gasteiger partial charge in [-0.25, -0.2) is 0 Å². The van der Waals surface area contributed by atoms with E-state index in [9.17, 15) is 14.4 Å². The highest BCUT2D eigenvalue weighted by Gasteiger charge is 2.32. The van der Waals surface area contributed by atoms with Crippen molar-refractivity contribution >= 4 is 29.1 Å². The highest BCUT2D eigenvalue weighted by Crippen LogP contribution is 2.20. The normalized spacial score (nSPS) is 13.5. The number of aliphatic carboxylic acids is 1. The molecule has 122 valence electrons. The van der Waals surface area contributed by atoms with Crippen molar-refractivity contribution in [3.63, 3.8) is 0 Å². The van der Waals surface area contributed by atoms with Crippen molar-refractivity contribution in [3.8, 4) is 0 Å². The summed E-state index contributed by atoms with van der Waals surface area (Å²) >= 11 is 1.43. The Morgan fingerprint density at radius 3 is 2.55 bits per heavy atom. The SMILES string of the molecule is CC(C)C(C)(CC(=O)O)NC(=O)CCNC(=O)c1ccsc1. The van der Waals surface area contributed by atoms with Crippen LogP contribution in [0, 0.1) is 5.92 Å². The molecule has 1 aromatic rings. The van der Waals surface area contributed by atoms with Gasteiger partial charge in [0.05, 0.1) is 6.42 Å². The van der Waals surface area contributed by atoms with E-state index in [2.05, 4.69) is 10.6 Å². The van der Waals surface area contributed by atoms with Gasteiger partial charge in [-0.15, -0.1) is 0 Å². The molecule has 0 saturated heterocycles. The third-order valence-corrected chi connectivity index (χ3v) is 4.32. The summed E-state index contributed by atoms with van der Waals surface area (Å²) in [4.78, 5) is 34.6. The van der Waals surface area contributed by atoms with Crippen molar-refractivity contribution in [2.24, 2.45) is 5.92 Å². The van der Waals surface area contributed by atoms with Gasteiger partial charge in [0.15, 0.2) is 0 Å². The van der Waals surface area contributed by atoms with Gasteiger partial charge in [0.1, 0.15) is 0 Å². The predicted molar refractivity (Wildman–Crippen MR) is 84.9 cm³/mol. The second-order valence-electron chi connectivity index (χ2n) is 5.71. The van der Waals surface area contributed by atoms with Crippen LogP contribution in [-0.4, -0.2) is 35.0 Å². The van der Waals surface area contributed by atoms with E-state index in [1.807, 2.05) is 19.2 Å². The van der Waals surface area contributed by atoms with Crippen molar-refractivity contribution in [3.05, 3.63) is 22.4 Å². The molecule has 1 unspecified atom stereocenters. The summed E-state index contributed by atoms with van der Waals surface area (Å²) in [5.41, 5.74) is -0.233. The standard InChI is InChI=1S/C15H22N2O4S/c1-10(2)15(3,8-13(19)20)17-12(18)4-6-16-14(21)11-5-7-22-9-11/h5,7,9-10H,4,6,8H2,1-3H3,(H,16,21)(H,17,18)(H,19,20). The van der Waals surface area contributed by atoms with Crippen LogP contribution in [0.5, 0.6) is 0 Å². The molecule has 0 aliphatic carbocycles. The van der Waals surface area contributed by atoms with Crippen molar-refractivity contribution in [2.75, 3.05) is 6.54 Å². The van der Waals surface area contributed by atoms with E-state index < -0.39 is 11.5 Å². The maximum Gasteiger partial charge on any atom is 0.305 e. The fourth-order valence-corrected chi connectivity index (χ4v) is 2.51. The molecule has 1 rings (SSSR count). The molecule has 1 aromatic heterocycles. The van der Waals surface area contributed by atoms with E-state index in [4.69, 9.17) is 5.11 Å². The minimum absolute atomic E-state index is 0.0204. The largest absolute Gasteiger partial charge is 0.481 e. The molecule has 0 aliphatic rings. The Hall–Kier alpha value is -1.89. The number of thiophene rings is 1. The van der Waals surface area contributed by atoms with Crippen molar-refractivity contribution in [1.82, 2.24) is 10.6 Å². The van der Waals surface area contributed by atoms with Gasteiger partial charge in [0, 0.05) is 29.4 Å². The third-order valence-electron chi connectivity index (χ3n) is 3.64. The Balaban J connectivity index is 2.44. The first-order valence-corrected chi connectivity index (χ1v) is 8.02. The van der Waals surface area contributed by atoms with Crippen molar-refractivity contribution < 1.29 is 19.5 Å². The summed E-state index contributed by atoms with van der Waals surface area (Å²) in [6.07, 6.45) is -0.0323. The Kier molecular flexibility index (Phi) is 6.55. The number of rotatable bonds is 8. The quantitative estimate of drug-likeness (QED) is 0.679. The fraction of sp³-hybridized carbons (Fsp3) is 0.533. The number of carboxylic acid groups (broad SMARTS) is 1. The maximum atomic E-state index is 12.0. The van der Waals surface area contributed by atoms with Crippen molar-refractivity contribution in [2.45, 2.75) is 39.2 Å². The second kappa shape index (κ2) is 7.93. The molecule has 1 heterocycles. The molecular formula is C15H22N2O4S. The smallest absolute Gasteiger partial charge is 0.305 e. The zero-order valence-electron chi connectivity index (χ0n) is 13.0. The number of carbonyl (C=O) groups excluding carboxylic acids is 2. The van der Waals surface area contributed by atoms with Gasteiger partial charge in [0.25, 0.3) is 5.91 Å². The zero-order chi connectivity index (χ0) is 16.8. The van der Waals surface area contributed by atoms with Gasteiger partial charge >= 0.3 is 5.97 Å². The summed E-state index contributed by atoms with van der Waals surface area (Å²) in [6, 6.07) is 1.71. The first-order chi connectivity index (χ1) is 10.2. The molecule has 7 heteroatoms. The van der Waals surface area contributed by atoms with Crippen LogP contribution < -0.4 is 10.6 Å². The first kappa shape index (κ1) is 18.2.